The quantitative estimate of drug-likeness (QED) is 0.272. The predicted octanol–water partition coefficient (Wildman–Crippen LogP) is 6.78. The van der Waals surface area contributed by atoms with Crippen molar-refractivity contribution < 1.29 is 0 Å². The number of rotatable bonds is 1. The second-order valence-corrected chi connectivity index (χ2v) is 8.90. The van der Waals surface area contributed by atoms with E-state index in [2.05, 4.69) is 50.3 Å². The molecule has 0 atom stereocenters. The summed E-state index contributed by atoms with van der Waals surface area (Å²) in [6.45, 7) is 6.20. The van der Waals surface area contributed by atoms with Crippen LogP contribution in [0.1, 0.15) is 53.1 Å². The highest BCUT2D eigenvalue weighted by atomic mass is 14.4. The van der Waals surface area contributed by atoms with Gasteiger partial charge in [-0.25, -0.2) is 0 Å². The van der Waals surface area contributed by atoms with Gasteiger partial charge in [0.05, 0.1) is 0 Å². The summed E-state index contributed by atoms with van der Waals surface area (Å²) in [5, 5.41) is 39.0. The molecule has 2 aliphatic rings. The molecule has 4 nitrogen and oxygen atoms in total. The molecule has 34 heavy (non-hydrogen) atoms. The number of hydrogen-bond donors (Lipinski definition) is 0. The monoisotopic (exact) mass is 434 g/mol. The summed E-state index contributed by atoms with van der Waals surface area (Å²) in [4.78, 5) is 0. The lowest BCUT2D eigenvalue weighted by Crippen LogP contribution is -1.92. The van der Waals surface area contributed by atoms with Crippen molar-refractivity contribution in [2.24, 2.45) is 0 Å². The molecule has 0 bridgehead atoms. The van der Waals surface area contributed by atoms with Crippen molar-refractivity contribution >= 4 is 11.1 Å². The summed E-state index contributed by atoms with van der Waals surface area (Å²) in [6, 6.07) is 24.5. The molecule has 0 aliphatic heterocycles. The Bertz CT molecular complexity index is 1640. The first-order valence-corrected chi connectivity index (χ1v) is 11.0. The van der Waals surface area contributed by atoms with E-state index in [9.17, 15) is 21.0 Å². The largest absolute Gasteiger partial charge is 0.192 e. The maximum Gasteiger partial charge on any atom is 0.138 e. The number of benzene rings is 3. The second-order valence-electron chi connectivity index (χ2n) is 8.90. The maximum atomic E-state index is 9.77. The van der Waals surface area contributed by atoms with Crippen LogP contribution >= 0.6 is 0 Å². The molecular formula is C30H18N4. The number of hydrogen-bond acceptors (Lipinski definition) is 4. The van der Waals surface area contributed by atoms with Crippen LogP contribution in [0.15, 0.2) is 59.7 Å². The first kappa shape index (κ1) is 21.0. The Labute approximate surface area is 198 Å². The Hall–Kier alpha value is -4.90. The van der Waals surface area contributed by atoms with Crippen LogP contribution in [0, 0.1) is 52.2 Å². The van der Waals surface area contributed by atoms with Gasteiger partial charge in [-0.05, 0) is 75.0 Å². The lowest BCUT2D eigenvalue weighted by Gasteiger charge is -2.09. The van der Waals surface area contributed by atoms with Crippen LogP contribution in [0.25, 0.3) is 33.4 Å². The van der Waals surface area contributed by atoms with Gasteiger partial charge < -0.3 is 0 Å². The zero-order valence-electron chi connectivity index (χ0n) is 19.0. The van der Waals surface area contributed by atoms with Crippen LogP contribution in [0.3, 0.4) is 0 Å². The molecule has 2 aliphatic carbocycles. The van der Waals surface area contributed by atoms with Crippen molar-refractivity contribution in [1.29, 1.82) is 21.0 Å². The minimum absolute atomic E-state index is 0.0735. The highest BCUT2D eigenvalue weighted by Crippen LogP contribution is 2.53. The van der Waals surface area contributed by atoms with Crippen molar-refractivity contribution in [2.75, 3.05) is 0 Å². The average molecular weight is 435 g/mol. The zero-order chi connectivity index (χ0) is 24.1. The predicted molar refractivity (Wildman–Crippen MR) is 131 cm³/mol. The number of fused-ring (bicyclic) bond motifs is 6. The van der Waals surface area contributed by atoms with Gasteiger partial charge in [0.15, 0.2) is 0 Å². The molecule has 4 heteroatoms. The summed E-state index contributed by atoms with van der Waals surface area (Å²) < 4.78 is 0. The molecule has 0 aromatic heterocycles. The highest BCUT2D eigenvalue weighted by molar-refractivity contribution is 6.11. The van der Waals surface area contributed by atoms with E-state index in [0.29, 0.717) is 17.1 Å². The third kappa shape index (κ3) is 2.81. The fourth-order valence-electron chi connectivity index (χ4n) is 5.02. The molecule has 0 unspecified atom stereocenters. The van der Waals surface area contributed by atoms with Crippen LogP contribution < -0.4 is 0 Å². The van der Waals surface area contributed by atoms with E-state index in [0.717, 1.165) is 55.6 Å². The standard InChI is InChI=1S/C30H18N4/c1-16(2)18-5-7-22-24-11-27-23(10-28(24)30(26(22)9-18)20(14-33)15-34)21-6-4-17(3)8-25(21)29(27)19(12-31)13-32/h4-11,16H,1-3H3. The molecule has 158 valence electrons. The molecule has 3 aromatic carbocycles. The Balaban J connectivity index is 1.91. The van der Waals surface area contributed by atoms with E-state index in [1.807, 2.05) is 43.3 Å². The number of aryl methyl sites for hydroxylation is 1. The molecular weight excluding hydrogens is 416 g/mol. The summed E-state index contributed by atoms with van der Waals surface area (Å²) in [5.41, 5.74) is 10.7. The molecule has 3 aromatic rings. The van der Waals surface area contributed by atoms with E-state index in [1.165, 1.54) is 0 Å². The fourth-order valence-corrected chi connectivity index (χ4v) is 5.02. The smallest absolute Gasteiger partial charge is 0.138 e. The summed E-state index contributed by atoms with van der Waals surface area (Å²) in [6.07, 6.45) is 0. The Morgan fingerprint density at radius 3 is 1.47 bits per heavy atom. The average Bonchev–Trinajstić information content (AvgIpc) is 3.31. The van der Waals surface area contributed by atoms with Gasteiger partial charge in [0.2, 0.25) is 0 Å². The molecule has 0 fully saturated rings. The van der Waals surface area contributed by atoms with Gasteiger partial charge in [0.1, 0.15) is 35.4 Å². The van der Waals surface area contributed by atoms with Gasteiger partial charge in [0.25, 0.3) is 0 Å². The molecule has 0 amide bonds. The van der Waals surface area contributed by atoms with Crippen molar-refractivity contribution in [3.05, 3.63) is 93.1 Å². The van der Waals surface area contributed by atoms with Crippen LogP contribution in [0.2, 0.25) is 0 Å². The van der Waals surface area contributed by atoms with E-state index < -0.39 is 0 Å². The Kier molecular flexibility index (Phi) is 4.69. The molecule has 0 N–H and O–H groups in total. The number of nitriles is 4. The first-order valence-electron chi connectivity index (χ1n) is 11.0. The topological polar surface area (TPSA) is 95.2 Å². The Morgan fingerprint density at radius 2 is 1.00 bits per heavy atom. The summed E-state index contributed by atoms with van der Waals surface area (Å²) in [7, 11) is 0. The molecule has 0 saturated heterocycles. The third-order valence-electron chi connectivity index (χ3n) is 6.65. The minimum Gasteiger partial charge on any atom is -0.192 e. The lowest BCUT2D eigenvalue weighted by atomic mass is 9.93. The van der Waals surface area contributed by atoms with Gasteiger partial charge in [-0.2, -0.15) is 21.0 Å². The van der Waals surface area contributed by atoms with Gasteiger partial charge in [-0.15, -0.1) is 0 Å². The van der Waals surface area contributed by atoms with E-state index in [4.69, 9.17) is 0 Å². The van der Waals surface area contributed by atoms with Crippen LogP contribution in [-0.4, -0.2) is 0 Å². The lowest BCUT2D eigenvalue weighted by molar-refractivity contribution is 0.866. The van der Waals surface area contributed by atoms with E-state index in [1.54, 1.807) is 0 Å². The fraction of sp³-hybridized carbons (Fsp3) is 0.133. The van der Waals surface area contributed by atoms with Crippen LogP contribution in [-0.2, 0) is 0 Å². The van der Waals surface area contributed by atoms with Crippen molar-refractivity contribution in [3.63, 3.8) is 0 Å². The third-order valence-corrected chi connectivity index (χ3v) is 6.65. The van der Waals surface area contributed by atoms with Gasteiger partial charge >= 0.3 is 0 Å². The van der Waals surface area contributed by atoms with E-state index >= 15 is 0 Å². The maximum absolute atomic E-state index is 9.77. The SMILES string of the molecule is Cc1ccc2c(c1)C(=C(C#N)C#N)c1cc3c(cc1-2)C(=C(C#N)C#N)c1cc(C(C)C)ccc1-3. The summed E-state index contributed by atoms with van der Waals surface area (Å²) in [5.74, 6) is 0.298. The van der Waals surface area contributed by atoms with Crippen LogP contribution in [0.4, 0.5) is 0 Å². The highest BCUT2D eigenvalue weighted by Gasteiger charge is 2.33. The zero-order valence-corrected chi connectivity index (χ0v) is 19.0. The van der Waals surface area contributed by atoms with Crippen molar-refractivity contribution in [1.82, 2.24) is 0 Å². The number of nitrogens with zero attached hydrogens (tertiary/aromatic N) is 4. The Morgan fingerprint density at radius 1 is 0.559 bits per heavy atom. The molecule has 5 rings (SSSR count). The van der Waals surface area contributed by atoms with Crippen molar-refractivity contribution in [2.45, 2.75) is 26.7 Å². The van der Waals surface area contributed by atoms with Crippen molar-refractivity contribution in [3.8, 4) is 46.5 Å². The number of allylic oxidation sites excluding steroid dienone is 2. The summed E-state index contributed by atoms with van der Waals surface area (Å²) >= 11 is 0. The van der Waals surface area contributed by atoms with Gasteiger partial charge in [-0.3, -0.25) is 0 Å². The van der Waals surface area contributed by atoms with E-state index in [-0.39, 0.29) is 11.1 Å². The first-order chi connectivity index (χ1) is 16.4. The molecule has 0 heterocycles. The normalized spacial score (nSPS) is 12.0. The molecule has 0 spiro atoms. The molecule has 0 saturated carbocycles. The van der Waals surface area contributed by atoms with Crippen LogP contribution in [0.5, 0.6) is 0 Å². The minimum atomic E-state index is 0.0735. The van der Waals surface area contributed by atoms with Gasteiger partial charge in [0, 0.05) is 11.1 Å². The molecule has 0 radical (unpaired) electrons. The van der Waals surface area contributed by atoms with Gasteiger partial charge in [-0.1, -0.05) is 55.8 Å². The second kappa shape index (κ2) is 7.60.